The van der Waals surface area contributed by atoms with Gasteiger partial charge in [-0.15, -0.1) is 0 Å². The van der Waals surface area contributed by atoms with Crippen molar-refractivity contribution in [1.29, 1.82) is 0 Å². The Morgan fingerprint density at radius 1 is 1.15 bits per heavy atom. The standard InChI is InChI=1S/C23H38N2O2/c1-21-11-10-20(26)25(15-14-24(4)5)19(21)7-6-16-17(21)8-12-22(2)18(16)9-13-23(22,3)27/h7,16-18,27H,6,8-15H2,1-5H3/t16-,17+,18+,21-,22+,23+/m1/s1. The van der Waals surface area contributed by atoms with Crippen LogP contribution in [-0.4, -0.2) is 53.6 Å². The molecule has 0 unspecified atom stereocenters. The van der Waals surface area contributed by atoms with Crippen LogP contribution in [0.25, 0.3) is 0 Å². The number of nitrogens with zero attached hydrogens (tertiary/aromatic N) is 2. The van der Waals surface area contributed by atoms with E-state index in [1.807, 2.05) is 0 Å². The molecule has 4 rings (SSSR count). The van der Waals surface area contributed by atoms with Crippen molar-refractivity contribution >= 4 is 5.91 Å². The Balaban J connectivity index is 1.65. The first-order chi connectivity index (χ1) is 12.6. The third-order valence-electron chi connectivity index (χ3n) is 9.21. The van der Waals surface area contributed by atoms with Crippen molar-refractivity contribution in [3.8, 4) is 0 Å². The van der Waals surface area contributed by atoms with Crippen molar-refractivity contribution in [3.63, 3.8) is 0 Å². The molecule has 0 radical (unpaired) electrons. The van der Waals surface area contributed by atoms with E-state index < -0.39 is 5.60 Å². The summed E-state index contributed by atoms with van der Waals surface area (Å²) >= 11 is 0. The SMILES string of the molecule is CN(C)CCN1C(=O)CC[C@@]2(C)C1=CC[C@@H]1[C@@H]2CC[C@@]2(C)[C@H]1CC[C@]2(C)O. The molecule has 1 saturated heterocycles. The van der Waals surface area contributed by atoms with Crippen molar-refractivity contribution in [2.24, 2.45) is 28.6 Å². The summed E-state index contributed by atoms with van der Waals surface area (Å²) in [5.41, 5.74) is 0.979. The minimum absolute atomic E-state index is 0.0605. The lowest BCUT2D eigenvalue weighted by Gasteiger charge is -2.59. The molecule has 0 bridgehead atoms. The van der Waals surface area contributed by atoms with Gasteiger partial charge in [0.05, 0.1) is 5.60 Å². The molecule has 4 heteroatoms. The van der Waals surface area contributed by atoms with E-state index in [4.69, 9.17) is 0 Å². The van der Waals surface area contributed by atoms with Crippen LogP contribution in [-0.2, 0) is 4.79 Å². The van der Waals surface area contributed by atoms with E-state index in [0.29, 0.717) is 30.1 Å². The van der Waals surface area contributed by atoms with Gasteiger partial charge in [-0.25, -0.2) is 0 Å². The smallest absolute Gasteiger partial charge is 0.226 e. The van der Waals surface area contributed by atoms with Crippen LogP contribution >= 0.6 is 0 Å². The van der Waals surface area contributed by atoms with E-state index in [0.717, 1.165) is 45.2 Å². The van der Waals surface area contributed by atoms with Crippen LogP contribution in [0.3, 0.4) is 0 Å². The van der Waals surface area contributed by atoms with Gasteiger partial charge in [-0.1, -0.05) is 19.9 Å². The largest absolute Gasteiger partial charge is 0.390 e. The summed E-state index contributed by atoms with van der Waals surface area (Å²) in [6, 6.07) is 0. The first kappa shape index (κ1) is 19.4. The molecule has 0 aromatic rings. The highest BCUT2D eigenvalue weighted by atomic mass is 16.3. The number of piperidine rings is 1. The molecule has 1 N–H and O–H groups in total. The summed E-state index contributed by atoms with van der Waals surface area (Å²) in [4.78, 5) is 17.0. The minimum Gasteiger partial charge on any atom is -0.390 e. The van der Waals surface area contributed by atoms with Gasteiger partial charge in [-0.05, 0) is 82.7 Å². The topological polar surface area (TPSA) is 43.8 Å². The van der Waals surface area contributed by atoms with Gasteiger partial charge in [0.1, 0.15) is 0 Å². The van der Waals surface area contributed by atoms with Crippen LogP contribution in [0.4, 0.5) is 0 Å². The lowest BCUT2D eigenvalue weighted by atomic mass is 9.48. The normalized spacial score (nSPS) is 46.8. The number of aliphatic hydroxyl groups is 1. The number of fused-ring (bicyclic) bond motifs is 5. The van der Waals surface area contributed by atoms with Crippen LogP contribution in [0.15, 0.2) is 11.8 Å². The number of hydrogen-bond donors (Lipinski definition) is 1. The summed E-state index contributed by atoms with van der Waals surface area (Å²) in [5, 5.41) is 11.1. The van der Waals surface area contributed by atoms with Gasteiger partial charge in [0, 0.05) is 30.6 Å². The summed E-state index contributed by atoms with van der Waals surface area (Å²) in [7, 11) is 4.15. The summed E-state index contributed by atoms with van der Waals surface area (Å²) in [6.45, 7) is 8.56. The third-order valence-corrected chi connectivity index (χ3v) is 9.21. The number of rotatable bonds is 3. The molecule has 0 spiro atoms. The molecule has 1 aliphatic heterocycles. The molecule has 152 valence electrons. The molecule has 6 atom stereocenters. The Labute approximate surface area is 165 Å². The minimum atomic E-state index is -0.520. The van der Waals surface area contributed by atoms with E-state index in [-0.39, 0.29) is 10.8 Å². The number of likely N-dealkylation sites (N-methyl/N-ethyl adjacent to an activating group) is 1. The summed E-state index contributed by atoms with van der Waals surface area (Å²) in [5.74, 6) is 2.24. The Hall–Kier alpha value is -0.870. The summed E-state index contributed by atoms with van der Waals surface area (Å²) < 4.78 is 0. The number of likely N-dealkylation sites (tertiary alicyclic amines) is 1. The van der Waals surface area contributed by atoms with Gasteiger partial charge < -0.3 is 14.9 Å². The molecule has 1 amide bonds. The molecule has 27 heavy (non-hydrogen) atoms. The Bertz CT molecular complexity index is 655. The van der Waals surface area contributed by atoms with Gasteiger partial charge in [-0.2, -0.15) is 0 Å². The molecular formula is C23H38N2O2. The van der Waals surface area contributed by atoms with Gasteiger partial charge in [0.25, 0.3) is 0 Å². The average Bonchev–Trinajstić information content (AvgIpc) is 2.84. The van der Waals surface area contributed by atoms with Crippen LogP contribution in [0.1, 0.15) is 65.7 Å². The highest BCUT2D eigenvalue weighted by molar-refractivity contribution is 5.80. The molecule has 3 fully saturated rings. The molecule has 0 aromatic carbocycles. The van der Waals surface area contributed by atoms with E-state index in [1.165, 1.54) is 12.1 Å². The zero-order valence-electron chi connectivity index (χ0n) is 17.9. The highest BCUT2D eigenvalue weighted by Crippen LogP contribution is 2.66. The van der Waals surface area contributed by atoms with Crippen LogP contribution in [0.2, 0.25) is 0 Å². The number of allylic oxidation sites excluding steroid dienone is 2. The molecule has 3 aliphatic carbocycles. The Morgan fingerprint density at radius 2 is 1.85 bits per heavy atom. The van der Waals surface area contributed by atoms with E-state index >= 15 is 0 Å². The maximum absolute atomic E-state index is 12.7. The van der Waals surface area contributed by atoms with Gasteiger partial charge in [0.2, 0.25) is 5.91 Å². The third kappa shape index (κ3) is 2.73. The number of amides is 1. The summed E-state index contributed by atoms with van der Waals surface area (Å²) in [6.07, 6.45) is 9.59. The van der Waals surface area contributed by atoms with Crippen molar-refractivity contribution in [3.05, 3.63) is 11.8 Å². The second-order valence-electron chi connectivity index (χ2n) is 10.7. The van der Waals surface area contributed by atoms with Gasteiger partial charge in [-0.3, -0.25) is 4.79 Å². The Kier molecular flexibility index (Phi) is 4.55. The maximum Gasteiger partial charge on any atom is 0.226 e. The molecule has 4 nitrogen and oxygen atoms in total. The monoisotopic (exact) mass is 374 g/mol. The first-order valence-electron chi connectivity index (χ1n) is 11.0. The molecule has 0 aromatic heterocycles. The molecule has 2 saturated carbocycles. The predicted molar refractivity (Wildman–Crippen MR) is 108 cm³/mol. The maximum atomic E-state index is 12.7. The van der Waals surface area contributed by atoms with E-state index in [1.54, 1.807) is 0 Å². The fourth-order valence-corrected chi connectivity index (χ4v) is 7.23. The number of carbonyl (C=O) groups excluding carboxylic acids is 1. The lowest BCUT2D eigenvalue weighted by molar-refractivity contribution is -0.141. The fraction of sp³-hybridized carbons (Fsp3) is 0.870. The van der Waals surface area contributed by atoms with Crippen LogP contribution in [0.5, 0.6) is 0 Å². The van der Waals surface area contributed by atoms with Gasteiger partial charge in [0.15, 0.2) is 0 Å². The fourth-order valence-electron chi connectivity index (χ4n) is 7.23. The molecular weight excluding hydrogens is 336 g/mol. The van der Waals surface area contributed by atoms with Crippen molar-refractivity contribution < 1.29 is 9.90 Å². The second-order valence-corrected chi connectivity index (χ2v) is 10.7. The predicted octanol–water partition coefficient (Wildman–Crippen LogP) is 3.66. The van der Waals surface area contributed by atoms with Crippen LogP contribution < -0.4 is 0 Å². The zero-order chi connectivity index (χ0) is 19.6. The molecule has 4 aliphatic rings. The molecule has 1 heterocycles. The zero-order valence-corrected chi connectivity index (χ0v) is 17.9. The lowest BCUT2D eigenvalue weighted by Crippen LogP contribution is -2.56. The number of carbonyl (C=O) groups is 1. The van der Waals surface area contributed by atoms with E-state index in [9.17, 15) is 9.90 Å². The van der Waals surface area contributed by atoms with E-state index in [2.05, 4.69) is 50.7 Å². The first-order valence-corrected chi connectivity index (χ1v) is 11.0. The second kappa shape index (κ2) is 6.32. The van der Waals surface area contributed by atoms with Crippen molar-refractivity contribution in [1.82, 2.24) is 9.80 Å². The highest BCUT2D eigenvalue weighted by Gasteiger charge is 2.62. The van der Waals surface area contributed by atoms with Crippen molar-refractivity contribution in [2.45, 2.75) is 71.3 Å². The Morgan fingerprint density at radius 3 is 2.56 bits per heavy atom. The average molecular weight is 375 g/mol. The van der Waals surface area contributed by atoms with Crippen LogP contribution in [0, 0.1) is 28.6 Å². The quantitative estimate of drug-likeness (QED) is 0.820. The van der Waals surface area contributed by atoms with Crippen molar-refractivity contribution in [2.75, 3.05) is 27.2 Å². The van der Waals surface area contributed by atoms with Gasteiger partial charge >= 0.3 is 0 Å². The number of hydrogen-bond acceptors (Lipinski definition) is 3.